The Morgan fingerprint density at radius 3 is 2.54 bits per heavy atom. The van der Waals surface area contributed by atoms with Crippen LogP contribution in [0.5, 0.6) is 0 Å². The Labute approximate surface area is 136 Å². The second kappa shape index (κ2) is 6.00. The van der Waals surface area contributed by atoms with Crippen LogP contribution >= 0.6 is 0 Å². The minimum Gasteiger partial charge on any atom is -0.280 e. The monoisotopic (exact) mass is 350 g/mol. The fraction of sp³-hybridized carbons (Fsp3) is 0.0667. The Bertz CT molecular complexity index is 989. The fourth-order valence-corrected chi connectivity index (χ4v) is 3.49. The molecule has 6 nitrogen and oxygen atoms in total. The molecule has 1 heterocycles. The van der Waals surface area contributed by atoms with Crippen molar-refractivity contribution in [3.8, 4) is 5.69 Å². The van der Waals surface area contributed by atoms with E-state index in [1.54, 1.807) is 0 Å². The molecule has 0 saturated carbocycles. The minimum atomic E-state index is -3.96. The van der Waals surface area contributed by atoms with E-state index in [4.69, 9.17) is 0 Å². The van der Waals surface area contributed by atoms with E-state index >= 15 is 0 Å². The van der Waals surface area contributed by atoms with Crippen molar-refractivity contribution in [1.82, 2.24) is 14.8 Å². The van der Waals surface area contributed by atoms with E-state index in [-0.39, 0.29) is 21.8 Å². The van der Waals surface area contributed by atoms with Crippen LogP contribution in [-0.4, -0.2) is 23.2 Å². The Kier molecular flexibility index (Phi) is 4.02. The molecule has 0 bridgehead atoms. The lowest BCUT2D eigenvalue weighted by Gasteiger charge is -2.11. The van der Waals surface area contributed by atoms with Crippen LogP contribution < -0.4 is 4.72 Å². The molecule has 0 aliphatic heterocycles. The summed E-state index contributed by atoms with van der Waals surface area (Å²) < 4.78 is 55.5. The van der Waals surface area contributed by atoms with Crippen LogP contribution in [-0.2, 0) is 10.0 Å². The number of hydrogen-bond acceptors (Lipinski definition) is 4. The molecule has 0 unspecified atom stereocenters. The molecule has 9 heteroatoms. The lowest BCUT2D eigenvalue weighted by Crippen LogP contribution is -2.14. The van der Waals surface area contributed by atoms with Gasteiger partial charge >= 0.3 is 0 Å². The summed E-state index contributed by atoms with van der Waals surface area (Å²) in [5.74, 6) is -1.20. The molecule has 1 aromatic heterocycles. The second-order valence-electron chi connectivity index (χ2n) is 5.02. The number of sulfonamides is 1. The third-order valence-corrected chi connectivity index (χ3v) is 4.83. The first-order chi connectivity index (χ1) is 11.4. The first-order valence-electron chi connectivity index (χ1n) is 6.80. The van der Waals surface area contributed by atoms with Gasteiger partial charge in [0.15, 0.2) is 5.82 Å². The Balaban J connectivity index is 1.92. The molecule has 1 N–H and O–H groups in total. The van der Waals surface area contributed by atoms with E-state index in [1.165, 1.54) is 36.4 Å². The van der Waals surface area contributed by atoms with Gasteiger partial charge in [0.05, 0.1) is 10.6 Å². The van der Waals surface area contributed by atoms with Gasteiger partial charge in [-0.25, -0.2) is 26.9 Å². The van der Waals surface area contributed by atoms with Crippen molar-refractivity contribution in [1.29, 1.82) is 0 Å². The summed E-state index contributed by atoms with van der Waals surface area (Å²) in [7, 11) is -3.96. The maximum absolute atomic E-state index is 14.2. The summed E-state index contributed by atoms with van der Waals surface area (Å²) in [6.07, 6.45) is 2.58. The van der Waals surface area contributed by atoms with E-state index in [2.05, 4.69) is 14.8 Å². The molecular formula is C15H12F2N4O2S. The second-order valence-corrected chi connectivity index (χ2v) is 6.67. The predicted octanol–water partition coefficient (Wildman–Crippen LogP) is 2.65. The minimum absolute atomic E-state index is 0.0418. The van der Waals surface area contributed by atoms with Gasteiger partial charge in [-0.05, 0) is 42.8 Å². The molecule has 0 fully saturated rings. The van der Waals surface area contributed by atoms with Gasteiger partial charge in [-0.3, -0.25) is 4.72 Å². The summed E-state index contributed by atoms with van der Waals surface area (Å²) >= 11 is 0. The molecule has 0 spiro atoms. The molecule has 0 atom stereocenters. The zero-order valence-electron chi connectivity index (χ0n) is 12.4. The predicted molar refractivity (Wildman–Crippen MR) is 83.3 cm³/mol. The number of nitrogens with one attached hydrogen (secondary N) is 1. The normalized spacial score (nSPS) is 11.5. The van der Waals surface area contributed by atoms with E-state index in [9.17, 15) is 17.2 Å². The van der Waals surface area contributed by atoms with Crippen LogP contribution in [0, 0.1) is 18.6 Å². The lowest BCUT2D eigenvalue weighted by molar-refractivity contribution is 0.598. The van der Waals surface area contributed by atoms with E-state index in [1.807, 2.05) is 0 Å². The summed E-state index contributed by atoms with van der Waals surface area (Å²) in [6, 6.07) is 7.13. The summed E-state index contributed by atoms with van der Waals surface area (Å²) in [4.78, 5) is 3.64. The van der Waals surface area contributed by atoms with Crippen molar-refractivity contribution in [2.24, 2.45) is 0 Å². The van der Waals surface area contributed by atoms with Crippen molar-refractivity contribution in [3.05, 3.63) is 66.3 Å². The Morgan fingerprint density at radius 1 is 1.12 bits per heavy atom. The van der Waals surface area contributed by atoms with Crippen LogP contribution in [0.1, 0.15) is 5.56 Å². The van der Waals surface area contributed by atoms with Crippen molar-refractivity contribution in [3.63, 3.8) is 0 Å². The Morgan fingerprint density at radius 2 is 1.92 bits per heavy atom. The number of rotatable bonds is 4. The number of aromatic nitrogens is 3. The zero-order valence-corrected chi connectivity index (χ0v) is 13.3. The highest BCUT2D eigenvalue weighted by Crippen LogP contribution is 2.22. The van der Waals surface area contributed by atoms with Crippen molar-refractivity contribution in [2.75, 3.05) is 4.72 Å². The quantitative estimate of drug-likeness (QED) is 0.785. The molecule has 0 amide bonds. The molecule has 3 rings (SSSR count). The van der Waals surface area contributed by atoms with E-state index < -0.39 is 21.7 Å². The standard InChI is InChI=1S/C15H12F2N4O2S/c1-10-6-11(16)2-5-15(10)24(22,23)20-12-3-4-14(13(17)7-12)21-9-18-8-19-21/h2-9,20H,1H3. The van der Waals surface area contributed by atoms with Crippen molar-refractivity contribution in [2.45, 2.75) is 11.8 Å². The van der Waals surface area contributed by atoms with Crippen LogP contribution in [0.4, 0.5) is 14.5 Å². The third kappa shape index (κ3) is 3.11. The van der Waals surface area contributed by atoms with Gasteiger partial charge in [-0.1, -0.05) is 0 Å². The zero-order chi connectivity index (χ0) is 17.3. The Hall–Kier alpha value is -2.81. The molecule has 0 aliphatic rings. The van der Waals surface area contributed by atoms with E-state index in [0.717, 1.165) is 24.3 Å². The van der Waals surface area contributed by atoms with Gasteiger partial charge < -0.3 is 0 Å². The highest BCUT2D eigenvalue weighted by molar-refractivity contribution is 7.92. The van der Waals surface area contributed by atoms with Crippen LogP contribution in [0.25, 0.3) is 5.69 Å². The van der Waals surface area contributed by atoms with E-state index in [0.29, 0.717) is 0 Å². The average Bonchev–Trinajstić information content (AvgIpc) is 3.00. The molecule has 2 aromatic carbocycles. The van der Waals surface area contributed by atoms with Crippen molar-refractivity contribution < 1.29 is 17.2 Å². The number of halogens is 2. The maximum atomic E-state index is 14.2. The van der Waals surface area contributed by atoms with Gasteiger partial charge in [-0.15, -0.1) is 0 Å². The molecule has 0 radical (unpaired) electrons. The third-order valence-electron chi connectivity index (χ3n) is 3.29. The molecular weight excluding hydrogens is 338 g/mol. The number of benzene rings is 2. The number of anilines is 1. The number of nitrogens with zero attached hydrogens (tertiary/aromatic N) is 3. The molecule has 3 aromatic rings. The van der Waals surface area contributed by atoms with Gasteiger partial charge in [0.25, 0.3) is 10.0 Å². The first-order valence-corrected chi connectivity index (χ1v) is 8.29. The summed E-state index contributed by atoms with van der Waals surface area (Å²) in [5, 5.41) is 3.81. The van der Waals surface area contributed by atoms with Crippen LogP contribution in [0.3, 0.4) is 0 Å². The average molecular weight is 350 g/mol. The first kappa shape index (κ1) is 16.1. The van der Waals surface area contributed by atoms with Gasteiger partial charge in [-0.2, -0.15) is 5.10 Å². The molecule has 24 heavy (non-hydrogen) atoms. The van der Waals surface area contributed by atoms with Gasteiger partial charge in [0, 0.05) is 6.07 Å². The van der Waals surface area contributed by atoms with Gasteiger partial charge in [0.1, 0.15) is 24.2 Å². The summed E-state index contributed by atoms with van der Waals surface area (Å²) in [5.41, 5.74) is 0.427. The molecule has 0 saturated heterocycles. The lowest BCUT2D eigenvalue weighted by atomic mass is 10.2. The van der Waals surface area contributed by atoms with Gasteiger partial charge in [0.2, 0.25) is 0 Å². The SMILES string of the molecule is Cc1cc(F)ccc1S(=O)(=O)Nc1ccc(-n2cncn2)c(F)c1. The fourth-order valence-electron chi connectivity index (χ4n) is 2.21. The highest BCUT2D eigenvalue weighted by Gasteiger charge is 2.18. The topological polar surface area (TPSA) is 76.9 Å². The van der Waals surface area contributed by atoms with Crippen LogP contribution in [0.15, 0.2) is 53.9 Å². The van der Waals surface area contributed by atoms with Crippen molar-refractivity contribution >= 4 is 15.7 Å². The molecule has 124 valence electrons. The smallest absolute Gasteiger partial charge is 0.262 e. The maximum Gasteiger partial charge on any atom is 0.262 e. The summed E-state index contributed by atoms with van der Waals surface area (Å²) in [6.45, 7) is 1.48. The van der Waals surface area contributed by atoms with Crippen LogP contribution in [0.2, 0.25) is 0 Å². The highest BCUT2D eigenvalue weighted by atomic mass is 32.2. The molecule has 0 aliphatic carbocycles. The number of hydrogen-bond donors (Lipinski definition) is 1. The largest absolute Gasteiger partial charge is 0.280 e. The number of aryl methyl sites for hydroxylation is 1.